The third-order valence-electron chi connectivity index (χ3n) is 6.48. The summed E-state index contributed by atoms with van der Waals surface area (Å²) < 4.78 is 10.7. The van der Waals surface area contributed by atoms with Crippen LogP contribution >= 0.6 is 0 Å². The van der Waals surface area contributed by atoms with Gasteiger partial charge in [0, 0.05) is 12.8 Å². The van der Waals surface area contributed by atoms with Crippen molar-refractivity contribution in [3.63, 3.8) is 0 Å². The number of rotatable bonds is 4. The van der Waals surface area contributed by atoms with Gasteiger partial charge in [-0.1, -0.05) is 60.7 Å². The zero-order chi connectivity index (χ0) is 19.7. The number of carbonyl (C=O) groups is 1. The first-order valence-electron chi connectivity index (χ1n) is 10.7. The van der Waals surface area contributed by atoms with E-state index in [1.165, 1.54) is 25.1 Å². The average molecular weight is 423 g/mol. The molecule has 4 nitrogen and oxygen atoms in total. The van der Waals surface area contributed by atoms with E-state index in [4.69, 9.17) is 4.74 Å². The fraction of sp³-hybridized carbons (Fsp3) is 0.360. The molecular formula is C25H27ClN2O2. The number of halogens is 1. The highest BCUT2D eigenvalue weighted by atomic mass is 35.5. The molecule has 30 heavy (non-hydrogen) atoms. The second kappa shape index (κ2) is 8.65. The number of aromatic nitrogens is 2. The van der Waals surface area contributed by atoms with Gasteiger partial charge in [0.2, 0.25) is 0 Å². The van der Waals surface area contributed by atoms with Gasteiger partial charge in [-0.25, -0.2) is 9.13 Å². The summed E-state index contributed by atoms with van der Waals surface area (Å²) in [6, 6.07) is 20.2. The highest BCUT2D eigenvalue weighted by Crippen LogP contribution is 2.43. The lowest BCUT2D eigenvalue weighted by Gasteiger charge is -2.26. The maximum Gasteiger partial charge on any atom is 0.321 e. The third kappa shape index (κ3) is 3.54. The first kappa shape index (κ1) is 20.7. The van der Waals surface area contributed by atoms with Crippen molar-refractivity contribution in [3.05, 3.63) is 90.0 Å². The maximum absolute atomic E-state index is 13.3. The average Bonchev–Trinajstić information content (AvgIpc) is 3.20. The zero-order valence-electron chi connectivity index (χ0n) is 17.0. The summed E-state index contributed by atoms with van der Waals surface area (Å²) in [5, 5.41) is 0. The number of esters is 1. The SMILES string of the molecule is O=C1OC(Cn2cc[n+]3c2CCCCC3)CC1(c1ccccc1)c1ccccc1.[Cl-]. The number of aryl methyl sites for hydroxylation is 1. The van der Waals surface area contributed by atoms with Crippen molar-refractivity contribution in [1.29, 1.82) is 0 Å². The molecule has 156 valence electrons. The van der Waals surface area contributed by atoms with E-state index in [-0.39, 0.29) is 24.5 Å². The largest absolute Gasteiger partial charge is 1.00 e. The predicted molar refractivity (Wildman–Crippen MR) is 110 cm³/mol. The van der Waals surface area contributed by atoms with Crippen molar-refractivity contribution in [2.45, 2.75) is 56.7 Å². The Bertz CT molecular complexity index is 961. The molecule has 1 atom stereocenters. The molecule has 3 aromatic rings. The number of benzene rings is 2. The molecular weight excluding hydrogens is 396 g/mol. The lowest BCUT2D eigenvalue weighted by molar-refractivity contribution is -0.702. The molecule has 2 aliphatic heterocycles. The highest BCUT2D eigenvalue weighted by molar-refractivity contribution is 5.89. The van der Waals surface area contributed by atoms with Crippen LogP contribution in [0, 0.1) is 0 Å². The molecule has 1 unspecified atom stereocenters. The number of imidazole rings is 1. The van der Waals surface area contributed by atoms with Crippen LogP contribution in [0.2, 0.25) is 0 Å². The molecule has 3 heterocycles. The summed E-state index contributed by atoms with van der Waals surface area (Å²) in [5.41, 5.74) is 1.29. The number of nitrogens with zero attached hydrogens (tertiary/aromatic N) is 2. The van der Waals surface area contributed by atoms with E-state index in [2.05, 4.69) is 21.5 Å². The number of hydrogen-bond donors (Lipinski definition) is 0. The van der Waals surface area contributed by atoms with Crippen LogP contribution in [0.1, 0.15) is 42.6 Å². The third-order valence-corrected chi connectivity index (χ3v) is 6.48. The van der Waals surface area contributed by atoms with E-state index in [0.717, 1.165) is 30.6 Å². The number of carbonyl (C=O) groups excluding carboxylic acids is 1. The Morgan fingerprint density at radius 2 is 1.63 bits per heavy atom. The van der Waals surface area contributed by atoms with Crippen LogP contribution in [0.3, 0.4) is 0 Å². The summed E-state index contributed by atoms with van der Waals surface area (Å²) in [6.45, 7) is 1.81. The lowest BCUT2D eigenvalue weighted by atomic mass is 9.72. The van der Waals surface area contributed by atoms with Crippen LogP contribution in [-0.4, -0.2) is 16.6 Å². The quantitative estimate of drug-likeness (QED) is 0.460. The van der Waals surface area contributed by atoms with Crippen LogP contribution in [0.25, 0.3) is 0 Å². The first-order valence-corrected chi connectivity index (χ1v) is 10.7. The van der Waals surface area contributed by atoms with Crippen molar-refractivity contribution in [3.8, 4) is 0 Å². The first-order chi connectivity index (χ1) is 14.3. The summed E-state index contributed by atoms with van der Waals surface area (Å²) >= 11 is 0. The van der Waals surface area contributed by atoms with Gasteiger partial charge in [0.25, 0.3) is 5.82 Å². The van der Waals surface area contributed by atoms with E-state index in [1.807, 2.05) is 60.7 Å². The van der Waals surface area contributed by atoms with Gasteiger partial charge >= 0.3 is 5.97 Å². The Labute approximate surface area is 183 Å². The van der Waals surface area contributed by atoms with Crippen LogP contribution in [0.4, 0.5) is 0 Å². The minimum atomic E-state index is -0.732. The number of fused-ring (bicyclic) bond motifs is 1. The van der Waals surface area contributed by atoms with Crippen molar-refractivity contribution >= 4 is 5.97 Å². The lowest BCUT2D eigenvalue weighted by Crippen LogP contribution is -3.00. The van der Waals surface area contributed by atoms with Crippen molar-refractivity contribution < 1.29 is 26.5 Å². The molecule has 0 bridgehead atoms. The molecule has 0 spiro atoms. The second-order valence-corrected chi connectivity index (χ2v) is 8.24. The molecule has 1 fully saturated rings. The molecule has 0 saturated carbocycles. The predicted octanol–water partition coefficient (Wildman–Crippen LogP) is 0.808. The minimum absolute atomic E-state index is 0. The number of ether oxygens (including phenoxy) is 1. The van der Waals surface area contributed by atoms with Crippen molar-refractivity contribution in [2.24, 2.45) is 0 Å². The molecule has 1 aromatic heterocycles. The zero-order valence-corrected chi connectivity index (χ0v) is 17.8. The Morgan fingerprint density at radius 3 is 2.30 bits per heavy atom. The molecule has 0 aliphatic carbocycles. The van der Waals surface area contributed by atoms with Gasteiger partial charge in [-0.3, -0.25) is 4.79 Å². The summed E-state index contributed by atoms with van der Waals surface area (Å²) in [6.07, 6.45) is 9.71. The Morgan fingerprint density at radius 1 is 0.967 bits per heavy atom. The molecule has 1 saturated heterocycles. The Kier molecular flexibility index (Phi) is 5.96. The summed E-state index contributed by atoms with van der Waals surface area (Å²) in [5.74, 6) is 1.22. The minimum Gasteiger partial charge on any atom is -1.00 e. The normalized spacial score (nSPS) is 20.0. The van der Waals surface area contributed by atoms with Crippen LogP contribution in [-0.2, 0) is 34.5 Å². The maximum atomic E-state index is 13.3. The molecule has 2 aromatic carbocycles. The summed E-state index contributed by atoms with van der Waals surface area (Å²) in [7, 11) is 0. The van der Waals surface area contributed by atoms with Gasteiger partial charge < -0.3 is 17.1 Å². The van der Waals surface area contributed by atoms with Gasteiger partial charge in [-0.15, -0.1) is 0 Å². The van der Waals surface area contributed by atoms with Gasteiger partial charge in [0.05, 0.1) is 6.54 Å². The Balaban J connectivity index is 0.00000218. The Hall–Kier alpha value is -2.59. The molecule has 5 heteroatoms. The topological polar surface area (TPSA) is 35.1 Å². The number of hydrogen-bond acceptors (Lipinski definition) is 2. The van der Waals surface area contributed by atoms with Crippen molar-refractivity contribution in [2.75, 3.05) is 0 Å². The molecule has 5 rings (SSSR count). The molecule has 0 amide bonds. The van der Waals surface area contributed by atoms with E-state index in [0.29, 0.717) is 6.42 Å². The second-order valence-electron chi connectivity index (χ2n) is 8.24. The van der Waals surface area contributed by atoms with Gasteiger partial charge in [-0.2, -0.15) is 0 Å². The fourth-order valence-electron chi connectivity index (χ4n) is 5.02. The van der Waals surface area contributed by atoms with Crippen molar-refractivity contribution in [1.82, 2.24) is 4.57 Å². The van der Waals surface area contributed by atoms with E-state index >= 15 is 0 Å². The molecule has 0 N–H and O–H groups in total. The highest BCUT2D eigenvalue weighted by Gasteiger charge is 2.52. The van der Waals surface area contributed by atoms with Gasteiger partial charge in [0.15, 0.2) is 0 Å². The molecule has 2 aliphatic rings. The van der Waals surface area contributed by atoms with E-state index < -0.39 is 5.41 Å². The fourth-order valence-corrected chi connectivity index (χ4v) is 5.02. The molecule has 0 radical (unpaired) electrons. The smallest absolute Gasteiger partial charge is 0.321 e. The van der Waals surface area contributed by atoms with E-state index in [1.54, 1.807) is 0 Å². The summed E-state index contributed by atoms with van der Waals surface area (Å²) in [4.78, 5) is 13.3. The van der Waals surface area contributed by atoms with Gasteiger partial charge in [-0.05, 0) is 30.4 Å². The van der Waals surface area contributed by atoms with Crippen LogP contribution in [0.15, 0.2) is 73.1 Å². The number of cyclic esters (lactones) is 1. The van der Waals surface area contributed by atoms with Gasteiger partial charge in [0.1, 0.15) is 30.5 Å². The van der Waals surface area contributed by atoms with Crippen LogP contribution in [0.5, 0.6) is 0 Å². The standard InChI is InChI=1S/C25H27N2O2.ClH/c28-24-25(20-10-4-1-5-11-20,21-12-6-2-7-13-21)18-22(29-24)19-27-17-16-26-15-9-3-8-14-23(26)27;/h1-2,4-7,10-13,16-17,22H,3,8-9,14-15,18-19H2;1H/q+1;/p-1. The monoisotopic (exact) mass is 422 g/mol. The van der Waals surface area contributed by atoms with Crippen LogP contribution < -0.4 is 17.0 Å². The van der Waals surface area contributed by atoms with E-state index in [9.17, 15) is 4.79 Å².